The topological polar surface area (TPSA) is 32.3 Å². The molecule has 2 aliphatic rings. The Morgan fingerprint density at radius 2 is 1.78 bits per heavy atom. The van der Waals surface area contributed by atoms with Crippen LogP contribution in [0.2, 0.25) is 0 Å². The van der Waals surface area contributed by atoms with E-state index in [1.165, 1.54) is 32.1 Å². The molecule has 1 aliphatic carbocycles. The maximum Gasteiger partial charge on any atom is 0.239 e. The molecule has 2 unspecified atom stereocenters. The summed E-state index contributed by atoms with van der Waals surface area (Å²) in [6.45, 7) is 6.82. The molecule has 0 radical (unpaired) electrons. The normalized spacial score (nSPS) is 28.1. The van der Waals surface area contributed by atoms with Crippen molar-refractivity contribution in [2.24, 2.45) is 11.8 Å². The zero-order valence-electron chi connectivity index (χ0n) is 12.0. The van der Waals surface area contributed by atoms with Crippen molar-refractivity contribution in [1.29, 1.82) is 0 Å². The van der Waals surface area contributed by atoms with E-state index in [-0.39, 0.29) is 6.04 Å². The van der Waals surface area contributed by atoms with Crippen LogP contribution < -0.4 is 5.32 Å². The van der Waals surface area contributed by atoms with E-state index in [0.29, 0.717) is 5.91 Å². The molecular formula is C15H28N2O. The summed E-state index contributed by atoms with van der Waals surface area (Å²) in [6, 6.07) is 0.0860. The zero-order chi connectivity index (χ0) is 13.0. The minimum absolute atomic E-state index is 0.0860. The highest BCUT2D eigenvalue weighted by molar-refractivity contribution is 5.82. The molecule has 104 valence electrons. The van der Waals surface area contributed by atoms with Gasteiger partial charge in [0.2, 0.25) is 5.91 Å². The van der Waals surface area contributed by atoms with Gasteiger partial charge >= 0.3 is 0 Å². The van der Waals surface area contributed by atoms with Gasteiger partial charge in [0, 0.05) is 13.1 Å². The summed E-state index contributed by atoms with van der Waals surface area (Å²) in [7, 11) is 0. The summed E-state index contributed by atoms with van der Waals surface area (Å²) < 4.78 is 0. The number of nitrogens with zero attached hydrogens (tertiary/aromatic N) is 1. The fourth-order valence-electron chi connectivity index (χ4n) is 3.08. The Balaban J connectivity index is 1.78. The molecule has 1 saturated carbocycles. The van der Waals surface area contributed by atoms with Gasteiger partial charge in [-0.2, -0.15) is 0 Å². The molecule has 1 heterocycles. The maximum atomic E-state index is 12.3. The lowest BCUT2D eigenvalue weighted by Gasteiger charge is -2.33. The van der Waals surface area contributed by atoms with E-state index in [1.807, 2.05) is 4.90 Å². The van der Waals surface area contributed by atoms with Crippen molar-refractivity contribution in [2.45, 2.75) is 58.4 Å². The van der Waals surface area contributed by atoms with Gasteiger partial charge in [-0.25, -0.2) is 0 Å². The molecule has 0 aromatic heterocycles. The van der Waals surface area contributed by atoms with Gasteiger partial charge in [-0.3, -0.25) is 4.79 Å². The number of hydrogen-bond donors (Lipinski definition) is 1. The average molecular weight is 252 g/mol. The van der Waals surface area contributed by atoms with Crippen molar-refractivity contribution < 1.29 is 4.79 Å². The van der Waals surface area contributed by atoms with Gasteiger partial charge in [0.25, 0.3) is 0 Å². The van der Waals surface area contributed by atoms with Crippen LogP contribution in [-0.2, 0) is 4.79 Å². The van der Waals surface area contributed by atoms with Crippen molar-refractivity contribution >= 4 is 5.91 Å². The second-order valence-corrected chi connectivity index (χ2v) is 5.93. The van der Waals surface area contributed by atoms with Gasteiger partial charge < -0.3 is 10.2 Å². The van der Waals surface area contributed by atoms with Crippen LogP contribution in [0.25, 0.3) is 0 Å². The van der Waals surface area contributed by atoms with Crippen molar-refractivity contribution in [3.05, 3.63) is 0 Å². The lowest BCUT2D eigenvalue weighted by atomic mass is 9.87. The molecule has 0 aromatic carbocycles. The van der Waals surface area contributed by atoms with E-state index < -0.39 is 0 Å². The van der Waals surface area contributed by atoms with Crippen LogP contribution in [0.3, 0.4) is 0 Å². The van der Waals surface area contributed by atoms with Crippen molar-refractivity contribution in [3.63, 3.8) is 0 Å². The number of carbonyl (C=O) groups is 1. The van der Waals surface area contributed by atoms with Crippen LogP contribution in [0.15, 0.2) is 0 Å². The predicted octanol–water partition coefficient (Wildman–Crippen LogP) is 2.41. The second kappa shape index (κ2) is 6.55. The molecule has 2 fully saturated rings. The lowest BCUT2D eigenvalue weighted by Crippen LogP contribution is -2.50. The standard InChI is InChI=1S/C15H28N2O/c1-3-17(4-2)15(18)14-11-13(9-10-16-14)8-7-12-5-6-12/h12-14,16H,3-11H2,1-2H3. The van der Waals surface area contributed by atoms with Gasteiger partial charge in [-0.15, -0.1) is 0 Å². The molecule has 2 atom stereocenters. The monoisotopic (exact) mass is 252 g/mol. The van der Waals surface area contributed by atoms with E-state index in [4.69, 9.17) is 0 Å². The molecule has 18 heavy (non-hydrogen) atoms. The Labute approximate surface area is 111 Å². The summed E-state index contributed by atoms with van der Waals surface area (Å²) in [6.07, 6.45) is 7.96. The predicted molar refractivity (Wildman–Crippen MR) is 74.4 cm³/mol. The third-order valence-electron chi connectivity index (χ3n) is 4.57. The van der Waals surface area contributed by atoms with Crippen LogP contribution in [0.1, 0.15) is 52.4 Å². The van der Waals surface area contributed by atoms with Gasteiger partial charge in [-0.05, 0) is 45.1 Å². The summed E-state index contributed by atoms with van der Waals surface area (Å²) in [5.41, 5.74) is 0. The molecule has 3 heteroatoms. The van der Waals surface area contributed by atoms with Gasteiger partial charge in [0.1, 0.15) is 0 Å². The number of carbonyl (C=O) groups excluding carboxylic acids is 1. The number of nitrogens with one attached hydrogen (secondary N) is 1. The molecule has 3 nitrogen and oxygen atoms in total. The number of likely N-dealkylation sites (N-methyl/N-ethyl adjacent to an activating group) is 1. The molecule has 1 N–H and O–H groups in total. The number of rotatable bonds is 6. The van der Waals surface area contributed by atoms with Crippen molar-refractivity contribution in [3.8, 4) is 0 Å². The molecule has 1 aliphatic heterocycles. The van der Waals surface area contributed by atoms with E-state index >= 15 is 0 Å². The van der Waals surface area contributed by atoms with Gasteiger partial charge in [-0.1, -0.05) is 25.7 Å². The number of amides is 1. The van der Waals surface area contributed by atoms with E-state index in [1.54, 1.807) is 0 Å². The van der Waals surface area contributed by atoms with Crippen LogP contribution >= 0.6 is 0 Å². The quantitative estimate of drug-likeness (QED) is 0.787. The SMILES string of the molecule is CCN(CC)C(=O)C1CC(CCC2CC2)CCN1. The van der Waals surface area contributed by atoms with E-state index in [2.05, 4.69) is 19.2 Å². The first-order valence-electron chi connectivity index (χ1n) is 7.76. The molecule has 1 amide bonds. The first-order valence-corrected chi connectivity index (χ1v) is 7.76. The highest BCUT2D eigenvalue weighted by Crippen LogP contribution is 2.36. The minimum Gasteiger partial charge on any atom is -0.342 e. The Hall–Kier alpha value is -0.570. The summed E-state index contributed by atoms with van der Waals surface area (Å²) >= 11 is 0. The summed E-state index contributed by atoms with van der Waals surface area (Å²) in [5.74, 6) is 2.12. The highest BCUT2D eigenvalue weighted by atomic mass is 16.2. The fourth-order valence-corrected chi connectivity index (χ4v) is 3.08. The second-order valence-electron chi connectivity index (χ2n) is 5.93. The largest absolute Gasteiger partial charge is 0.342 e. The zero-order valence-corrected chi connectivity index (χ0v) is 12.0. The van der Waals surface area contributed by atoms with Crippen molar-refractivity contribution in [2.75, 3.05) is 19.6 Å². The minimum atomic E-state index is 0.0860. The van der Waals surface area contributed by atoms with Crippen LogP contribution in [0, 0.1) is 11.8 Å². The van der Waals surface area contributed by atoms with Crippen LogP contribution in [0.4, 0.5) is 0 Å². The highest BCUT2D eigenvalue weighted by Gasteiger charge is 2.30. The molecule has 0 aromatic rings. The maximum absolute atomic E-state index is 12.3. The first kappa shape index (κ1) is 13.9. The van der Waals surface area contributed by atoms with Crippen LogP contribution in [0.5, 0.6) is 0 Å². The number of hydrogen-bond acceptors (Lipinski definition) is 2. The van der Waals surface area contributed by atoms with Crippen LogP contribution in [-0.4, -0.2) is 36.5 Å². The Morgan fingerprint density at radius 3 is 2.39 bits per heavy atom. The smallest absolute Gasteiger partial charge is 0.239 e. The molecule has 2 rings (SSSR count). The Morgan fingerprint density at radius 1 is 1.11 bits per heavy atom. The van der Waals surface area contributed by atoms with E-state index in [0.717, 1.165) is 37.9 Å². The Bertz CT molecular complexity index is 272. The molecule has 1 saturated heterocycles. The summed E-state index contributed by atoms with van der Waals surface area (Å²) in [5, 5.41) is 3.41. The van der Waals surface area contributed by atoms with Gasteiger partial charge in [0.05, 0.1) is 6.04 Å². The fraction of sp³-hybridized carbons (Fsp3) is 0.933. The summed E-state index contributed by atoms with van der Waals surface area (Å²) in [4.78, 5) is 14.3. The third-order valence-corrected chi connectivity index (χ3v) is 4.57. The molecule has 0 spiro atoms. The Kier molecular flexibility index (Phi) is 5.04. The molecular weight excluding hydrogens is 224 g/mol. The number of piperidine rings is 1. The molecule has 0 bridgehead atoms. The lowest BCUT2D eigenvalue weighted by molar-refractivity contribution is -0.134. The van der Waals surface area contributed by atoms with E-state index in [9.17, 15) is 4.79 Å². The first-order chi connectivity index (χ1) is 8.74. The van der Waals surface area contributed by atoms with Crippen molar-refractivity contribution in [1.82, 2.24) is 10.2 Å². The third kappa shape index (κ3) is 3.71. The van der Waals surface area contributed by atoms with Gasteiger partial charge in [0.15, 0.2) is 0 Å². The average Bonchev–Trinajstić information content (AvgIpc) is 3.22.